The molecule has 24 heavy (non-hydrogen) atoms. The van der Waals surface area contributed by atoms with Gasteiger partial charge in [0.05, 0.1) is 0 Å². The number of allylic oxidation sites excluding steroid dienone is 1. The Morgan fingerprint density at radius 3 is 2.25 bits per heavy atom. The summed E-state index contributed by atoms with van der Waals surface area (Å²) in [4.78, 5) is 22.7. The highest BCUT2D eigenvalue weighted by Gasteiger charge is 2.38. The van der Waals surface area contributed by atoms with E-state index in [9.17, 15) is 22.8 Å². The van der Waals surface area contributed by atoms with E-state index in [4.69, 9.17) is 0 Å². The van der Waals surface area contributed by atoms with Crippen molar-refractivity contribution in [3.8, 4) is 0 Å². The number of amides is 2. The highest BCUT2D eigenvalue weighted by molar-refractivity contribution is 5.94. The molecule has 2 N–H and O–H groups in total. The van der Waals surface area contributed by atoms with E-state index in [0.717, 1.165) is 36.8 Å². The van der Waals surface area contributed by atoms with Gasteiger partial charge in [-0.2, -0.15) is 13.2 Å². The largest absolute Gasteiger partial charge is 0.471 e. The molecule has 1 aliphatic carbocycles. The number of hydrogen-bond acceptors (Lipinski definition) is 2. The summed E-state index contributed by atoms with van der Waals surface area (Å²) in [7, 11) is 0. The molecule has 130 valence electrons. The van der Waals surface area contributed by atoms with Crippen LogP contribution in [0, 0.1) is 0 Å². The molecular weight excluding hydrogens is 321 g/mol. The average Bonchev–Trinajstić information content (AvgIpc) is 2.54. The van der Waals surface area contributed by atoms with Crippen LogP contribution in [0.2, 0.25) is 0 Å². The van der Waals surface area contributed by atoms with E-state index in [2.05, 4.69) is 5.32 Å². The molecule has 4 nitrogen and oxygen atoms in total. The van der Waals surface area contributed by atoms with Gasteiger partial charge >= 0.3 is 12.1 Å². The zero-order valence-electron chi connectivity index (χ0n) is 13.1. The number of carbonyl (C=O) groups is 2. The van der Waals surface area contributed by atoms with E-state index in [1.165, 1.54) is 18.6 Å². The maximum absolute atomic E-state index is 12.2. The summed E-state index contributed by atoms with van der Waals surface area (Å²) in [5.74, 6) is -2.18. The van der Waals surface area contributed by atoms with Crippen LogP contribution in [-0.2, 0) is 16.1 Å². The molecule has 0 aromatic heterocycles. The van der Waals surface area contributed by atoms with E-state index in [0.29, 0.717) is 0 Å². The van der Waals surface area contributed by atoms with Crippen molar-refractivity contribution in [2.75, 3.05) is 5.32 Å². The van der Waals surface area contributed by atoms with Gasteiger partial charge in [-0.1, -0.05) is 24.1 Å². The van der Waals surface area contributed by atoms with Crippen molar-refractivity contribution in [1.29, 1.82) is 0 Å². The molecule has 0 heterocycles. The summed E-state index contributed by atoms with van der Waals surface area (Å²) in [6.45, 7) is 0.274. The predicted molar refractivity (Wildman–Crippen MR) is 84.1 cm³/mol. The summed E-state index contributed by atoms with van der Waals surface area (Å²) >= 11 is 0. The minimum atomic E-state index is -4.92. The number of rotatable bonds is 4. The third-order valence-electron chi connectivity index (χ3n) is 3.77. The smallest absolute Gasteiger partial charge is 0.348 e. The van der Waals surface area contributed by atoms with Gasteiger partial charge in [-0.25, -0.2) is 0 Å². The van der Waals surface area contributed by atoms with Gasteiger partial charge < -0.3 is 10.6 Å². The van der Waals surface area contributed by atoms with Crippen molar-refractivity contribution in [1.82, 2.24) is 5.32 Å². The number of carbonyl (C=O) groups excluding carboxylic acids is 2. The molecule has 0 radical (unpaired) electrons. The van der Waals surface area contributed by atoms with Crippen LogP contribution < -0.4 is 10.6 Å². The number of halogens is 3. The molecule has 0 saturated heterocycles. The quantitative estimate of drug-likeness (QED) is 0.821. The Morgan fingerprint density at radius 1 is 1.04 bits per heavy atom. The SMILES string of the molecule is O=C(C=C1CCCCC1)NCc1ccc(NC(=O)C(F)(F)F)cc1. The van der Waals surface area contributed by atoms with Gasteiger partial charge in [-0.3, -0.25) is 9.59 Å². The maximum Gasteiger partial charge on any atom is 0.471 e. The first kappa shape index (κ1) is 18.0. The van der Waals surface area contributed by atoms with E-state index in [-0.39, 0.29) is 18.1 Å². The molecular formula is C17H19F3N2O2. The number of benzene rings is 1. The van der Waals surface area contributed by atoms with Gasteiger partial charge in [0.25, 0.3) is 0 Å². The van der Waals surface area contributed by atoms with Gasteiger partial charge in [0.15, 0.2) is 0 Å². The van der Waals surface area contributed by atoms with Gasteiger partial charge in [-0.05, 0) is 43.4 Å². The molecule has 7 heteroatoms. The van der Waals surface area contributed by atoms with E-state index < -0.39 is 12.1 Å². The third kappa shape index (κ3) is 5.72. The number of alkyl halides is 3. The highest BCUT2D eigenvalue weighted by Crippen LogP contribution is 2.22. The fourth-order valence-corrected chi connectivity index (χ4v) is 2.48. The second-order valence-electron chi connectivity index (χ2n) is 5.73. The standard InChI is InChI=1S/C17H19F3N2O2/c18-17(19,20)16(24)22-14-8-6-13(7-9-14)11-21-15(23)10-12-4-2-1-3-5-12/h6-10H,1-5,11H2,(H,21,23)(H,22,24). The molecule has 0 unspecified atom stereocenters. The van der Waals surface area contributed by atoms with Crippen molar-refractivity contribution in [2.24, 2.45) is 0 Å². The van der Waals surface area contributed by atoms with E-state index >= 15 is 0 Å². The second-order valence-corrected chi connectivity index (χ2v) is 5.73. The molecule has 0 spiro atoms. The number of nitrogens with one attached hydrogen (secondary N) is 2. The Kier molecular flexibility index (Phi) is 6.00. The zero-order chi connectivity index (χ0) is 17.6. The Balaban J connectivity index is 1.83. The van der Waals surface area contributed by atoms with E-state index in [1.54, 1.807) is 23.5 Å². The van der Waals surface area contributed by atoms with Crippen molar-refractivity contribution >= 4 is 17.5 Å². The zero-order valence-corrected chi connectivity index (χ0v) is 13.1. The molecule has 2 amide bonds. The second kappa shape index (κ2) is 7.99. The first-order valence-corrected chi connectivity index (χ1v) is 7.79. The molecule has 1 saturated carbocycles. The Labute approximate surface area is 138 Å². The Morgan fingerprint density at radius 2 is 1.67 bits per heavy atom. The Hall–Kier alpha value is -2.31. The lowest BCUT2D eigenvalue weighted by Gasteiger charge is -2.13. The third-order valence-corrected chi connectivity index (χ3v) is 3.77. The summed E-state index contributed by atoms with van der Waals surface area (Å²) in [6.07, 6.45) is 2.07. The number of hydrogen-bond donors (Lipinski definition) is 2. The van der Waals surface area contributed by atoms with Crippen LogP contribution in [0.15, 0.2) is 35.9 Å². The summed E-state index contributed by atoms with van der Waals surface area (Å²) < 4.78 is 36.5. The van der Waals surface area contributed by atoms with Gasteiger partial charge in [0.1, 0.15) is 0 Å². The van der Waals surface area contributed by atoms with Crippen LogP contribution in [0.1, 0.15) is 37.7 Å². The van der Waals surface area contributed by atoms with E-state index in [1.807, 2.05) is 0 Å². The van der Waals surface area contributed by atoms with Crippen molar-refractivity contribution in [3.63, 3.8) is 0 Å². The van der Waals surface area contributed by atoms with Crippen LogP contribution in [0.3, 0.4) is 0 Å². The van der Waals surface area contributed by atoms with Crippen molar-refractivity contribution < 1.29 is 22.8 Å². The molecule has 1 fully saturated rings. The highest BCUT2D eigenvalue weighted by atomic mass is 19.4. The summed E-state index contributed by atoms with van der Waals surface area (Å²) in [5.41, 5.74) is 1.94. The van der Waals surface area contributed by atoms with Crippen LogP contribution >= 0.6 is 0 Å². The fraction of sp³-hybridized carbons (Fsp3) is 0.412. The molecule has 0 bridgehead atoms. The summed E-state index contributed by atoms with van der Waals surface area (Å²) in [6, 6.07) is 5.84. The number of anilines is 1. The van der Waals surface area contributed by atoms with Crippen molar-refractivity contribution in [3.05, 3.63) is 41.5 Å². The molecule has 0 atom stereocenters. The Bertz CT molecular complexity index is 614. The van der Waals surface area contributed by atoms with Crippen LogP contribution in [0.25, 0.3) is 0 Å². The molecule has 1 aromatic carbocycles. The molecule has 0 aliphatic heterocycles. The normalized spacial score (nSPS) is 14.9. The predicted octanol–water partition coefficient (Wildman–Crippen LogP) is 3.69. The molecule has 1 aliphatic rings. The first-order valence-electron chi connectivity index (χ1n) is 7.79. The minimum absolute atomic E-state index is 0.0525. The minimum Gasteiger partial charge on any atom is -0.348 e. The van der Waals surface area contributed by atoms with Gasteiger partial charge in [0.2, 0.25) is 5.91 Å². The first-order chi connectivity index (χ1) is 11.3. The van der Waals surface area contributed by atoms with Crippen LogP contribution in [-0.4, -0.2) is 18.0 Å². The lowest BCUT2D eigenvalue weighted by atomic mass is 9.94. The monoisotopic (exact) mass is 340 g/mol. The average molecular weight is 340 g/mol. The van der Waals surface area contributed by atoms with Crippen LogP contribution in [0.4, 0.5) is 18.9 Å². The fourth-order valence-electron chi connectivity index (χ4n) is 2.48. The lowest BCUT2D eigenvalue weighted by Crippen LogP contribution is -2.29. The lowest BCUT2D eigenvalue weighted by molar-refractivity contribution is -0.167. The molecule has 2 rings (SSSR count). The van der Waals surface area contributed by atoms with Gasteiger partial charge in [-0.15, -0.1) is 0 Å². The van der Waals surface area contributed by atoms with Crippen molar-refractivity contribution in [2.45, 2.75) is 44.8 Å². The molecule has 1 aromatic rings. The topological polar surface area (TPSA) is 58.2 Å². The maximum atomic E-state index is 12.2. The van der Waals surface area contributed by atoms with Crippen LogP contribution in [0.5, 0.6) is 0 Å². The van der Waals surface area contributed by atoms with Gasteiger partial charge in [0, 0.05) is 18.3 Å². The summed E-state index contributed by atoms with van der Waals surface area (Å²) in [5, 5.41) is 4.52.